The number of sulfonamides is 1. The zero-order valence-electron chi connectivity index (χ0n) is 13.8. The Bertz CT molecular complexity index is 1000. The van der Waals surface area contributed by atoms with Crippen LogP contribution in [0.1, 0.15) is 11.5 Å². The second-order valence-corrected chi connectivity index (χ2v) is 8.18. The van der Waals surface area contributed by atoms with E-state index in [9.17, 15) is 8.42 Å². The minimum absolute atomic E-state index is 0.0761. The molecule has 0 amide bonds. The highest BCUT2D eigenvalue weighted by molar-refractivity contribution is 9.10. The predicted molar refractivity (Wildman–Crippen MR) is 99.9 cm³/mol. The van der Waals surface area contributed by atoms with Gasteiger partial charge in [0.15, 0.2) is 0 Å². The highest BCUT2D eigenvalue weighted by Gasteiger charge is 2.15. The molecule has 3 aromatic rings. The summed E-state index contributed by atoms with van der Waals surface area (Å²) in [5, 5.41) is 3.88. The van der Waals surface area contributed by atoms with Gasteiger partial charge < -0.3 is 9.26 Å². The van der Waals surface area contributed by atoms with Crippen LogP contribution in [0.15, 0.2) is 57.5 Å². The van der Waals surface area contributed by atoms with Crippen molar-refractivity contribution in [2.75, 3.05) is 7.11 Å². The largest absolute Gasteiger partial charge is 0.497 e. The Morgan fingerprint density at radius 2 is 2.00 bits per heavy atom. The minimum atomic E-state index is -3.53. The monoisotopic (exact) mass is 437 g/mol. The Morgan fingerprint density at radius 1 is 1.19 bits per heavy atom. The van der Waals surface area contributed by atoms with Gasteiger partial charge in [-0.2, -0.15) is 4.98 Å². The molecule has 0 aliphatic rings. The Balaban J connectivity index is 1.65. The number of hydrogen-bond acceptors (Lipinski definition) is 6. The van der Waals surface area contributed by atoms with Crippen molar-refractivity contribution in [2.24, 2.45) is 0 Å². The third-order valence-corrected chi connectivity index (χ3v) is 5.28. The lowest BCUT2D eigenvalue weighted by Crippen LogP contribution is -2.24. The second kappa shape index (κ2) is 7.98. The highest BCUT2D eigenvalue weighted by Crippen LogP contribution is 2.21. The third-order valence-electron chi connectivity index (χ3n) is 3.49. The molecule has 0 aliphatic heterocycles. The van der Waals surface area contributed by atoms with E-state index >= 15 is 0 Å². The van der Waals surface area contributed by atoms with Crippen molar-refractivity contribution in [1.82, 2.24) is 14.9 Å². The number of benzene rings is 2. The lowest BCUT2D eigenvalue weighted by Gasteiger charge is -2.05. The molecule has 0 spiro atoms. The van der Waals surface area contributed by atoms with Crippen LogP contribution in [-0.4, -0.2) is 25.7 Å². The maximum atomic E-state index is 12.2. The zero-order valence-corrected chi connectivity index (χ0v) is 16.2. The number of methoxy groups -OCH3 is 1. The van der Waals surface area contributed by atoms with Gasteiger partial charge in [0, 0.05) is 10.0 Å². The van der Waals surface area contributed by atoms with Crippen LogP contribution in [0.25, 0.3) is 11.4 Å². The molecule has 0 unspecified atom stereocenters. The van der Waals surface area contributed by atoms with Crippen molar-refractivity contribution < 1.29 is 17.7 Å². The Hall–Kier alpha value is -2.23. The molecule has 7 nitrogen and oxygen atoms in total. The van der Waals surface area contributed by atoms with Crippen LogP contribution in [0.2, 0.25) is 0 Å². The van der Waals surface area contributed by atoms with Gasteiger partial charge in [-0.3, -0.25) is 0 Å². The summed E-state index contributed by atoms with van der Waals surface area (Å²) in [5.74, 6) is 1.08. The van der Waals surface area contributed by atoms with Crippen LogP contribution in [0.3, 0.4) is 0 Å². The van der Waals surface area contributed by atoms with E-state index in [0.717, 1.165) is 10.0 Å². The summed E-state index contributed by atoms with van der Waals surface area (Å²) in [7, 11) is -1.96. The van der Waals surface area contributed by atoms with Crippen LogP contribution >= 0.6 is 15.9 Å². The van der Waals surface area contributed by atoms with Crippen LogP contribution in [0, 0.1) is 0 Å². The number of aromatic nitrogens is 2. The first-order valence-corrected chi connectivity index (χ1v) is 10.1. The molecule has 0 bridgehead atoms. The average molecular weight is 438 g/mol. The minimum Gasteiger partial charge on any atom is -0.497 e. The average Bonchev–Trinajstić information content (AvgIpc) is 3.09. The molecule has 0 atom stereocenters. The lowest BCUT2D eigenvalue weighted by atomic mass is 10.2. The van der Waals surface area contributed by atoms with Crippen molar-refractivity contribution in [3.63, 3.8) is 0 Å². The molecule has 0 radical (unpaired) electrons. The summed E-state index contributed by atoms with van der Waals surface area (Å²) in [5.41, 5.74) is 1.39. The van der Waals surface area contributed by atoms with E-state index < -0.39 is 10.0 Å². The maximum Gasteiger partial charge on any atom is 0.242 e. The van der Waals surface area contributed by atoms with Gasteiger partial charge in [0.2, 0.25) is 21.7 Å². The molecular weight excluding hydrogens is 422 g/mol. The molecule has 1 aromatic heterocycles. The number of ether oxygens (including phenoxy) is 1. The van der Waals surface area contributed by atoms with Gasteiger partial charge in [0.1, 0.15) is 5.75 Å². The predicted octanol–water partition coefficient (Wildman–Crippen LogP) is 3.13. The summed E-state index contributed by atoms with van der Waals surface area (Å²) in [6, 6.07) is 14.3. The van der Waals surface area contributed by atoms with E-state index in [2.05, 4.69) is 30.8 Å². The van der Waals surface area contributed by atoms with Crippen LogP contribution in [0.5, 0.6) is 5.75 Å². The fraction of sp³-hybridized carbons (Fsp3) is 0.176. The highest BCUT2D eigenvalue weighted by atomic mass is 79.9. The Morgan fingerprint density at radius 3 is 2.77 bits per heavy atom. The van der Waals surface area contributed by atoms with Crippen LogP contribution in [0.4, 0.5) is 0 Å². The summed E-state index contributed by atoms with van der Waals surface area (Å²) in [4.78, 5) is 4.21. The number of nitrogens with zero attached hydrogens (tertiary/aromatic N) is 2. The zero-order chi connectivity index (χ0) is 18.6. The summed E-state index contributed by atoms with van der Waals surface area (Å²) in [6.45, 7) is -0.0761. The van der Waals surface area contributed by atoms with Crippen LogP contribution in [-0.2, 0) is 22.3 Å². The van der Waals surface area contributed by atoms with E-state index in [1.165, 1.54) is 0 Å². The van der Waals surface area contributed by atoms with E-state index in [4.69, 9.17) is 9.26 Å². The third kappa shape index (κ3) is 4.90. The molecular formula is C17H16BrN3O4S. The number of hydrogen-bond donors (Lipinski definition) is 1. The van der Waals surface area contributed by atoms with Gasteiger partial charge in [-0.1, -0.05) is 45.4 Å². The summed E-state index contributed by atoms with van der Waals surface area (Å²) < 4.78 is 38.0. The molecule has 9 heteroatoms. The van der Waals surface area contributed by atoms with Gasteiger partial charge >= 0.3 is 0 Å². The maximum absolute atomic E-state index is 12.2. The molecule has 2 aromatic carbocycles. The van der Waals surface area contributed by atoms with Crippen molar-refractivity contribution >= 4 is 26.0 Å². The van der Waals surface area contributed by atoms with Crippen LogP contribution < -0.4 is 9.46 Å². The van der Waals surface area contributed by atoms with Crippen molar-refractivity contribution in [1.29, 1.82) is 0 Å². The van der Waals surface area contributed by atoms with Crippen molar-refractivity contribution in [3.8, 4) is 17.1 Å². The smallest absolute Gasteiger partial charge is 0.242 e. The molecule has 1 N–H and O–H groups in total. The number of rotatable bonds is 7. The quantitative estimate of drug-likeness (QED) is 0.609. The first-order valence-electron chi connectivity index (χ1n) is 7.64. The van der Waals surface area contributed by atoms with Crippen molar-refractivity contribution in [2.45, 2.75) is 12.3 Å². The molecule has 3 rings (SSSR count). The lowest BCUT2D eigenvalue weighted by molar-refractivity contribution is 0.376. The van der Waals surface area contributed by atoms with Gasteiger partial charge in [-0.25, -0.2) is 13.1 Å². The molecule has 0 aliphatic carbocycles. The van der Waals surface area contributed by atoms with E-state index in [1.54, 1.807) is 37.4 Å². The standard InChI is InChI=1S/C17H16BrN3O4S/c1-24-15-7-3-5-13(9-15)17-20-16(25-21-17)10-19-26(22,23)11-12-4-2-6-14(18)8-12/h2-9,19H,10-11H2,1H3. The normalized spacial score (nSPS) is 11.5. The van der Waals surface area contributed by atoms with E-state index in [0.29, 0.717) is 17.1 Å². The van der Waals surface area contributed by atoms with Gasteiger partial charge in [0.25, 0.3) is 0 Å². The summed E-state index contributed by atoms with van der Waals surface area (Å²) >= 11 is 3.32. The molecule has 0 saturated heterocycles. The number of halogens is 1. The summed E-state index contributed by atoms with van der Waals surface area (Å²) in [6.07, 6.45) is 0. The SMILES string of the molecule is COc1cccc(-c2noc(CNS(=O)(=O)Cc3cccc(Br)c3)n2)c1. The molecule has 0 fully saturated rings. The topological polar surface area (TPSA) is 94.3 Å². The van der Waals surface area contributed by atoms with Gasteiger partial charge in [0.05, 0.1) is 19.4 Å². The molecule has 0 saturated carbocycles. The fourth-order valence-corrected chi connectivity index (χ4v) is 3.79. The first kappa shape index (κ1) is 18.6. The molecule has 1 heterocycles. The first-order chi connectivity index (χ1) is 12.4. The van der Waals surface area contributed by atoms with E-state index in [1.807, 2.05) is 18.2 Å². The molecule has 26 heavy (non-hydrogen) atoms. The Kier molecular flexibility index (Phi) is 5.70. The van der Waals surface area contributed by atoms with Gasteiger partial charge in [-0.15, -0.1) is 0 Å². The van der Waals surface area contributed by atoms with E-state index in [-0.39, 0.29) is 18.2 Å². The fourth-order valence-electron chi connectivity index (χ4n) is 2.27. The van der Waals surface area contributed by atoms with Gasteiger partial charge in [-0.05, 0) is 29.8 Å². The Labute approximate surface area is 159 Å². The molecule has 136 valence electrons. The van der Waals surface area contributed by atoms with Crippen molar-refractivity contribution in [3.05, 3.63) is 64.5 Å². The second-order valence-electron chi connectivity index (χ2n) is 5.45. The number of nitrogens with one attached hydrogen (secondary N) is 1.